The molecule has 1 aromatic heterocycles. The zero-order chi connectivity index (χ0) is 23.4. The topological polar surface area (TPSA) is 147 Å². The molecule has 0 aliphatic heterocycles. The molecule has 0 fully saturated rings. The van der Waals surface area contributed by atoms with Crippen molar-refractivity contribution in [2.24, 2.45) is 5.92 Å². The molecule has 10 heteroatoms. The molecule has 0 bridgehead atoms. The van der Waals surface area contributed by atoms with Gasteiger partial charge in [-0.15, -0.1) is 0 Å². The second kappa shape index (κ2) is 13.0. The highest BCUT2D eigenvalue weighted by Crippen LogP contribution is 2.05. The molecule has 1 unspecified atom stereocenters. The number of hydrogen-bond donors (Lipinski definition) is 4. The first-order valence-corrected chi connectivity index (χ1v) is 10.0. The summed E-state index contributed by atoms with van der Waals surface area (Å²) >= 11 is 0. The molecular formula is C21H30N4O6. The Hall–Kier alpha value is -3.43. The van der Waals surface area contributed by atoms with E-state index in [0.29, 0.717) is 12.5 Å². The molecule has 170 valence electrons. The van der Waals surface area contributed by atoms with E-state index in [4.69, 9.17) is 5.11 Å². The second-order valence-electron chi connectivity index (χ2n) is 7.45. The summed E-state index contributed by atoms with van der Waals surface area (Å²) in [5.41, 5.74) is -0.582. The number of aliphatic carboxylic acids is 1. The molecule has 0 aliphatic rings. The minimum Gasteiger partial charge on any atom is -0.478 e. The Bertz CT molecular complexity index is 875. The number of pyridine rings is 1. The lowest BCUT2D eigenvalue weighted by molar-refractivity contribution is -0.131. The molecule has 0 spiro atoms. The van der Waals surface area contributed by atoms with E-state index < -0.39 is 29.4 Å². The third-order valence-corrected chi connectivity index (χ3v) is 4.21. The lowest BCUT2D eigenvalue weighted by atomic mass is 10.1. The van der Waals surface area contributed by atoms with E-state index in [0.717, 1.165) is 12.5 Å². The fraction of sp³-hybridized carbons (Fsp3) is 0.476. The van der Waals surface area contributed by atoms with Gasteiger partial charge in [-0.3, -0.25) is 19.2 Å². The molecule has 10 nitrogen and oxygen atoms in total. The van der Waals surface area contributed by atoms with Gasteiger partial charge in [0.25, 0.3) is 5.56 Å². The smallest absolute Gasteiger partial charge is 0.327 e. The van der Waals surface area contributed by atoms with Gasteiger partial charge in [0.2, 0.25) is 17.7 Å². The van der Waals surface area contributed by atoms with Crippen LogP contribution in [-0.4, -0.2) is 46.0 Å². The van der Waals surface area contributed by atoms with Gasteiger partial charge in [-0.1, -0.05) is 19.9 Å². The van der Waals surface area contributed by atoms with Gasteiger partial charge in [-0.25, -0.2) is 4.79 Å². The number of nitrogens with one attached hydrogen (secondary N) is 3. The van der Waals surface area contributed by atoms with Crippen LogP contribution in [-0.2, 0) is 25.7 Å². The van der Waals surface area contributed by atoms with Crippen LogP contribution in [0.3, 0.4) is 0 Å². The quantitative estimate of drug-likeness (QED) is 0.359. The number of carboxylic acids is 1. The van der Waals surface area contributed by atoms with Crippen molar-refractivity contribution in [3.63, 3.8) is 0 Å². The fourth-order valence-electron chi connectivity index (χ4n) is 2.65. The lowest BCUT2D eigenvalue weighted by Gasteiger charge is -2.17. The number of nitrogens with zero attached hydrogens (tertiary/aromatic N) is 1. The normalized spacial score (nSPS) is 11.9. The molecule has 0 radical (unpaired) electrons. The first-order valence-electron chi connectivity index (χ1n) is 10.0. The number of carbonyl (C=O) groups excluding carboxylic acids is 3. The van der Waals surface area contributed by atoms with Gasteiger partial charge in [-0.2, -0.15) is 0 Å². The molecule has 0 saturated carbocycles. The zero-order valence-corrected chi connectivity index (χ0v) is 18.0. The van der Waals surface area contributed by atoms with E-state index in [9.17, 15) is 24.0 Å². The number of aromatic nitrogens is 1. The van der Waals surface area contributed by atoms with Gasteiger partial charge in [-0.05, 0) is 37.3 Å². The lowest BCUT2D eigenvalue weighted by Crippen LogP contribution is -2.43. The number of hydrogen-bond acceptors (Lipinski definition) is 5. The van der Waals surface area contributed by atoms with Crippen LogP contribution < -0.4 is 21.5 Å². The summed E-state index contributed by atoms with van der Waals surface area (Å²) in [5.74, 6) is -2.04. The molecule has 1 aromatic rings. The van der Waals surface area contributed by atoms with Crippen molar-refractivity contribution in [2.75, 3.05) is 11.9 Å². The van der Waals surface area contributed by atoms with E-state index in [1.165, 1.54) is 35.9 Å². The number of carboxylic acid groups (broad SMARTS) is 1. The highest BCUT2D eigenvalue weighted by Gasteiger charge is 2.20. The van der Waals surface area contributed by atoms with Crippen molar-refractivity contribution >= 4 is 29.4 Å². The summed E-state index contributed by atoms with van der Waals surface area (Å²) in [7, 11) is 0. The molecule has 1 rings (SSSR count). The van der Waals surface area contributed by atoms with Crippen LogP contribution in [0.2, 0.25) is 0 Å². The van der Waals surface area contributed by atoms with Crippen LogP contribution in [0, 0.1) is 5.92 Å². The van der Waals surface area contributed by atoms with E-state index in [1.807, 2.05) is 13.8 Å². The van der Waals surface area contributed by atoms with Gasteiger partial charge < -0.3 is 25.6 Å². The maximum absolute atomic E-state index is 12.6. The predicted molar refractivity (Wildman–Crippen MR) is 115 cm³/mol. The first kappa shape index (κ1) is 25.6. The molecule has 3 amide bonds. The van der Waals surface area contributed by atoms with Crippen LogP contribution in [0.25, 0.3) is 0 Å². The number of rotatable bonds is 12. The van der Waals surface area contributed by atoms with Gasteiger partial charge in [0.1, 0.15) is 18.3 Å². The van der Waals surface area contributed by atoms with Crippen molar-refractivity contribution in [3.8, 4) is 0 Å². The van der Waals surface area contributed by atoms with Crippen molar-refractivity contribution in [2.45, 2.75) is 52.6 Å². The van der Waals surface area contributed by atoms with E-state index in [2.05, 4.69) is 16.0 Å². The summed E-state index contributed by atoms with van der Waals surface area (Å²) < 4.78 is 1.18. The van der Waals surface area contributed by atoms with Crippen molar-refractivity contribution < 1.29 is 24.3 Å². The summed E-state index contributed by atoms with van der Waals surface area (Å²) in [6.45, 7) is 5.66. The highest BCUT2D eigenvalue weighted by atomic mass is 16.4. The Morgan fingerprint density at radius 2 is 1.90 bits per heavy atom. The molecule has 4 N–H and O–H groups in total. The van der Waals surface area contributed by atoms with E-state index in [1.54, 1.807) is 0 Å². The number of allylic oxidation sites excluding steroid dienone is 1. The van der Waals surface area contributed by atoms with E-state index in [-0.39, 0.29) is 31.0 Å². The maximum Gasteiger partial charge on any atom is 0.327 e. The number of amides is 3. The first-order chi connectivity index (χ1) is 14.6. The molecular weight excluding hydrogens is 404 g/mol. The maximum atomic E-state index is 12.6. The monoisotopic (exact) mass is 434 g/mol. The van der Waals surface area contributed by atoms with Crippen LogP contribution in [0.4, 0.5) is 5.69 Å². The van der Waals surface area contributed by atoms with Gasteiger partial charge >= 0.3 is 5.97 Å². The van der Waals surface area contributed by atoms with Crippen LogP contribution in [0.5, 0.6) is 0 Å². The molecule has 31 heavy (non-hydrogen) atoms. The van der Waals surface area contributed by atoms with Gasteiger partial charge in [0.05, 0.1) is 0 Å². The fourth-order valence-corrected chi connectivity index (χ4v) is 2.65. The molecule has 0 saturated heterocycles. The minimum absolute atomic E-state index is 0.0288. The third-order valence-electron chi connectivity index (χ3n) is 4.21. The van der Waals surface area contributed by atoms with Crippen molar-refractivity contribution in [3.05, 3.63) is 40.8 Å². The molecule has 1 atom stereocenters. The van der Waals surface area contributed by atoms with E-state index >= 15 is 0 Å². The van der Waals surface area contributed by atoms with Crippen molar-refractivity contribution in [1.29, 1.82) is 0 Å². The minimum atomic E-state index is -1.11. The largest absolute Gasteiger partial charge is 0.478 e. The second-order valence-corrected chi connectivity index (χ2v) is 7.45. The Labute approximate surface area is 180 Å². The molecule has 0 aliphatic carbocycles. The average molecular weight is 434 g/mol. The van der Waals surface area contributed by atoms with Crippen LogP contribution >= 0.6 is 0 Å². The summed E-state index contributed by atoms with van der Waals surface area (Å²) in [4.78, 5) is 59.2. The molecule has 0 aromatic carbocycles. The number of carbonyl (C=O) groups is 4. The summed E-state index contributed by atoms with van der Waals surface area (Å²) in [6, 6.07) is 1.98. The van der Waals surface area contributed by atoms with Gasteiger partial charge in [0.15, 0.2) is 0 Å². The Kier molecular flexibility index (Phi) is 10.7. The van der Waals surface area contributed by atoms with Crippen LogP contribution in [0.15, 0.2) is 35.3 Å². The van der Waals surface area contributed by atoms with Crippen LogP contribution in [0.1, 0.15) is 40.0 Å². The average Bonchev–Trinajstić information content (AvgIpc) is 2.66. The zero-order valence-electron chi connectivity index (χ0n) is 18.0. The van der Waals surface area contributed by atoms with Crippen molar-refractivity contribution in [1.82, 2.24) is 15.2 Å². The Balaban J connectivity index is 2.82. The Morgan fingerprint density at radius 1 is 1.19 bits per heavy atom. The predicted octanol–water partition coefficient (Wildman–Crippen LogP) is 0.875. The SMILES string of the molecule is CC(=O)NC(CC/C=C/C(=O)O)C(=O)Nc1cccn(CC(=O)NCCC(C)C)c1=O. The third kappa shape index (κ3) is 10.2. The Morgan fingerprint density at radius 3 is 2.52 bits per heavy atom. The standard InChI is InChI=1S/C21H30N4O6/c1-14(2)10-11-22-18(27)13-25-12-6-8-17(21(25)31)24-20(30)16(23-15(3)26)7-4-5-9-19(28)29/h5-6,8-9,12,14,16H,4,7,10-11,13H2,1-3H3,(H,22,27)(H,23,26)(H,24,30)(H,28,29)/b9-5+. The summed E-state index contributed by atoms with van der Waals surface area (Å²) in [5, 5.41) is 16.3. The number of anilines is 1. The summed E-state index contributed by atoms with van der Waals surface area (Å²) in [6.07, 6.45) is 4.97. The van der Waals surface area contributed by atoms with Gasteiger partial charge in [0, 0.05) is 25.7 Å². The highest BCUT2D eigenvalue weighted by molar-refractivity contribution is 5.96. The molecule has 1 heterocycles.